The third-order valence-corrected chi connectivity index (χ3v) is 3.45. The first-order chi connectivity index (χ1) is 9.33. The van der Waals surface area contributed by atoms with Crippen LogP contribution in [0, 0.1) is 5.92 Å². The summed E-state index contributed by atoms with van der Waals surface area (Å²) in [7, 11) is 1.69. The van der Waals surface area contributed by atoms with E-state index in [4.69, 9.17) is 10.5 Å². The fourth-order valence-corrected chi connectivity index (χ4v) is 2.41. The highest BCUT2D eigenvalue weighted by Gasteiger charge is 2.22. The van der Waals surface area contributed by atoms with Crippen molar-refractivity contribution in [1.29, 1.82) is 0 Å². The molecule has 2 heterocycles. The summed E-state index contributed by atoms with van der Waals surface area (Å²) in [5, 5.41) is 3.22. The molecule has 1 unspecified atom stereocenters. The van der Waals surface area contributed by atoms with Crippen LogP contribution in [0.3, 0.4) is 0 Å². The van der Waals surface area contributed by atoms with E-state index in [2.05, 4.69) is 20.2 Å². The third kappa shape index (κ3) is 4.04. The first-order valence-corrected chi connectivity index (χ1v) is 6.83. The summed E-state index contributed by atoms with van der Waals surface area (Å²) in [6.07, 6.45) is 3.91. The molecule has 0 amide bonds. The second kappa shape index (κ2) is 7.25. The van der Waals surface area contributed by atoms with Crippen molar-refractivity contribution in [3.63, 3.8) is 0 Å². The molecule has 19 heavy (non-hydrogen) atoms. The van der Waals surface area contributed by atoms with Crippen molar-refractivity contribution in [1.82, 2.24) is 9.97 Å². The standard InChI is InChI=1S/C13H23N5O/c1-19-7-5-15-12-8-13(17-10-16-12)18-6-3-11(9-18)2-4-14/h8,10-11H,2-7,9,14H2,1H3,(H,15,16,17). The SMILES string of the molecule is COCCNc1cc(N2CCC(CCN)C2)ncn1. The first kappa shape index (κ1) is 14.0. The van der Waals surface area contributed by atoms with Gasteiger partial charge in [0, 0.05) is 32.8 Å². The Balaban J connectivity index is 1.91. The van der Waals surface area contributed by atoms with E-state index < -0.39 is 0 Å². The van der Waals surface area contributed by atoms with Crippen molar-refractivity contribution in [3.05, 3.63) is 12.4 Å². The second-order valence-electron chi connectivity index (χ2n) is 4.86. The van der Waals surface area contributed by atoms with E-state index in [0.717, 1.165) is 44.2 Å². The maximum Gasteiger partial charge on any atom is 0.134 e. The first-order valence-electron chi connectivity index (χ1n) is 6.83. The van der Waals surface area contributed by atoms with Crippen LogP contribution in [0.2, 0.25) is 0 Å². The fourth-order valence-electron chi connectivity index (χ4n) is 2.41. The van der Waals surface area contributed by atoms with Crippen LogP contribution < -0.4 is 16.0 Å². The number of aromatic nitrogens is 2. The van der Waals surface area contributed by atoms with Gasteiger partial charge in [0.05, 0.1) is 6.61 Å². The van der Waals surface area contributed by atoms with Crippen LogP contribution in [0.5, 0.6) is 0 Å². The average molecular weight is 265 g/mol. The Morgan fingerprint density at radius 1 is 1.53 bits per heavy atom. The van der Waals surface area contributed by atoms with Gasteiger partial charge in [-0.05, 0) is 25.3 Å². The van der Waals surface area contributed by atoms with Crippen molar-refractivity contribution in [3.8, 4) is 0 Å². The zero-order chi connectivity index (χ0) is 13.5. The fraction of sp³-hybridized carbons (Fsp3) is 0.692. The summed E-state index contributed by atoms with van der Waals surface area (Å²) in [5.74, 6) is 2.55. The number of ether oxygens (including phenoxy) is 1. The number of hydrogen-bond donors (Lipinski definition) is 2. The largest absolute Gasteiger partial charge is 0.383 e. The molecule has 2 rings (SSSR count). The molecule has 0 radical (unpaired) electrons. The lowest BCUT2D eigenvalue weighted by atomic mass is 10.1. The van der Waals surface area contributed by atoms with Gasteiger partial charge in [-0.2, -0.15) is 0 Å². The van der Waals surface area contributed by atoms with Gasteiger partial charge in [0.1, 0.15) is 18.0 Å². The van der Waals surface area contributed by atoms with Crippen LogP contribution in [0.1, 0.15) is 12.8 Å². The predicted molar refractivity (Wildman–Crippen MR) is 76.4 cm³/mol. The molecule has 0 saturated carbocycles. The van der Waals surface area contributed by atoms with Gasteiger partial charge in [-0.1, -0.05) is 0 Å². The maximum absolute atomic E-state index is 5.62. The Hall–Kier alpha value is -1.40. The predicted octanol–water partition coefficient (Wildman–Crippen LogP) is 0.710. The Labute approximate surface area is 114 Å². The summed E-state index contributed by atoms with van der Waals surface area (Å²) in [4.78, 5) is 10.9. The number of nitrogens with zero attached hydrogens (tertiary/aromatic N) is 3. The van der Waals surface area contributed by atoms with Gasteiger partial charge in [-0.15, -0.1) is 0 Å². The van der Waals surface area contributed by atoms with Crippen molar-refractivity contribution in [2.75, 3.05) is 50.1 Å². The topological polar surface area (TPSA) is 76.3 Å². The molecule has 3 N–H and O–H groups in total. The van der Waals surface area contributed by atoms with E-state index in [0.29, 0.717) is 12.5 Å². The molecule has 1 fully saturated rings. The van der Waals surface area contributed by atoms with Crippen LogP contribution in [0.15, 0.2) is 12.4 Å². The van der Waals surface area contributed by atoms with Crippen molar-refractivity contribution in [2.45, 2.75) is 12.8 Å². The van der Waals surface area contributed by atoms with Crippen LogP contribution >= 0.6 is 0 Å². The number of hydrogen-bond acceptors (Lipinski definition) is 6. The Morgan fingerprint density at radius 3 is 3.21 bits per heavy atom. The van der Waals surface area contributed by atoms with Crippen LogP contribution in [-0.4, -0.2) is 49.9 Å². The Kier molecular flexibility index (Phi) is 5.35. The van der Waals surface area contributed by atoms with E-state index in [1.54, 1.807) is 13.4 Å². The maximum atomic E-state index is 5.62. The lowest BCUT2D eigenvalue weighted by molar-refractivity contribution is 0.210. The molecule has 1 aromatic heterocycles. The summed E-state index contributed by atoms with van der Waals surface area (Å²) >= 11 is 0. The van der Waals surface area contributed by atoms with E-state index in [9.17, 15) is 0 Å². The molecular formula is C13H23N5O. The van der Waals surface area contributed by atoms with Gasteiger partial charge in [0.2, 0.25) is 0 Å². The monoisotopic (exact) mass is 265 g/mol. The lowest BCUT2D eigenvalue weighted by Crippen LogP contribution is -2.22. The molecule has 0 spiro atoms. The highest BCUT2D eigenvalue weighted by molar-refractivity contribution is 5.49. The van der Waals surface area contributed by atoms with E-state index in [-0.39, 0.29) is 0 Å². The average Bonchev–Trinajstić information content (AvgIpc) is 2.89. The highest BCUT2D eigenvalue weighted by atomic mass is 16.5. The van der Waals surface area contributed by atoms with Crippen LogP contribution in [-0.2, 0) is 4.74 Å². The highest BCUT2D eigenvalue weighted by Crippen LogP contribution is 2.24. The van der Waals surface area contributed by atoms with Crippen molar-refractivity contribution < 1.29 is 4.74 Å². The molecule has 1 aliphatic rings. The van der Waals surface area contributed by atoms with Gasteiger partial charge in [-0.3, -0.25) is 0 Å². The molecule has 1 atom stereocenters. The van der Waals surface area contributed by atoms with Gasteiger partial charge in [-0.25, -0.2) is 9.97 Å². The number of nitrogens with one attached hydrogen (secondary N) is 1. The van der Waals surface area contributed by atoms with Crippen molar-refractivity contribution in [2.24, 2.45) is 11.7 Å². The van der Waals surface area contributed by atoms with Gasteiger partial charge in [0.25, 0.3) is 0 Å². The quantitative estimate of drug-likeness (QED) is 0.707. The molecule has 1 aromatic rings. The lowest BCUT2D eigenvalue weighted by Gasteiger charge is -2.18. The van der Waals surface area contributed by atoms with Gasteiger partial charge < -0.3 is 20.7 Å². The normalized spacial score (nSPS) is 18.8. The number of nitrogens with two attached hydrogens (primary N) is 1. The van der Waals surface area contributed by atoms with Crippen molar-refractivity contribution >= 4 is 11.6 Å². The molecular weight excluding hydrogens is 242 g/mol. The molecule has 0 bridgehead atoms. The van der Waals surface area contributed by atoms with Crippen LogP contribution in [0.25, 0.3) is 0 Å². The Morgan fingerprint density at radius 2 is 2.42 bits per heavy atom. The van der Waals surface area contributed by atoms with Gasteiger partial charge in [0.15, 0.2) is 0 Å². The minimum Gasteiger partial charge on any atom is -0.383 e. The third-order valence-electron chi connectivity index (χ3n) is 3.45. The van der Waals surface area contributed by atoms with Crippen LogP contribution in [0.4, 0.5) is 11.6 Å². The molecule has 1 saturated heterocycles. The summed E-state index contributed by atoms with van der Waals surface area (Å²) in [5.41, 5.74) is 5.62. The van der Waals surface area contributed by atoms with E-state index in [1.807, 2.05) is 6.07 Å². The zero-order valence-electron chi connectivity index (χ0n) is 11.5. The minimum absolute atomic E-state index is 0.668. The molecule has 6 nitrogen and oxygen atoms in total. The number of rotatable bonds is 7. The molecule has 106 valence electrons. The Bertz CT molecular complexity index is 387. The second-order valence-corrected chi connectivity index (χ2v) is 4.86. The molecule has 0 aliphatic carbocycles. The summed E-state index contributed by atoms with van der Waals surface area (Å²) in [6, 6.07) is 2.00. The zero-order valence-corrected chi connectivity index (χ0v) is 11.5. The van der Waals surface area contributed by atoms with E-state index in [1.165, 1.54) is 6.42 Å². The van der Waals surface area contributed by atoms with E-state index >= 15 is 0 Å². The number of anilines is 2. The summed E-state index contributed by atoms with van der Waals surface area (Å²) in [6.45, 7) is 4.29. The molecule has 0 aromatic carbocycles. The van der Waals surface area contributed by atoms with Gasteiger partial charge >= 0.3 is 0 Å². The number of methoxy groups -OCH3 is 1. The molecule has 6 heteroatoms. The molecule has 1 aliphatic heterocycles. The summed E-state index contributed by atoms with van der Waals surface area (Å²) < 4.78 is 5.01. The minimum atomic E-state index is 0.668. The smallest absolute Gasteiger partial charge is 0.134 e.